The van der Waals surface area contributed by atoms with E-state index in [4.69, 9.17) is 10.2 Å². The number of hydrogen-bond donors (Lipinski definition) is 1. The first-order chi connectivity index (χ1) is 6.98. The predicted molar refractivity (Wildman–Crippen MR) is 54.5 cm³/mol. The van der Waals surface area contributed by atoms with Gasteiger partial charge in [-0.3, -0.25) is 0 Å². The second kappa shape index (κ2) is 3.10. The molecule has 82 valence electrons. The average molecular weight is 209 g/mol. The number of carbonyl (C=O) groups excluding carboxylic acids is 1. The molecule has 0 bridgehead atoms. The summed E-state index contributed by atoms with van der Waals surface area (Å²) < 4.78 is 9.98. The van der Waals surface area contributed by atoms with Gasteiger partial charge in [-0.25, -0.2) is 4.79 Å². The number of ether oxygens (including phenoxy) is 1. The summed E-state index contributed by atoms with van der Waals surface area (Å²) >= 11 is 0. The Labute approximate surface area is 88.4 Å². The minimum atomic E-state index is -0.451. The van der Waals surface area contributed by atoms with Gasteiger partial charge in [0.05, 0.1) is 7.11 Å². The monoisotopic (exact) mass is 209 g/mol. The van der Waals surface area contributed by atoms with Gasteiger partial charge in [-0.1, -0.05) is 13.8 Å². The maximum atomic E-state index is 11.2. The first kappa shape index (κ1) is 10.2. The van der Waals surface area contributed by atoms with Gasteiger partial charge in [0.15, 0.2) is 0 Å². The molecule has 1 heterocycles. The Kier molecular flexibility index (Phi) is 2.12. The van der Waals surface area contributed by atoms with Crippen molar-refractivity contribution in [1.29, 1.82) is 0 Å². The van der Waals surface area contributed by atoms with E-state index in [2.05, 4.69) is 18.6 Å². The van der Waals surface area contributed by atoms with Gasteiger partial charge in [0, 0.05) is 12.0 Å². The van der Waals surface area contributed by atoms with Crippen LogP contribution in [-0.2, 0) is 4.74 Å². The van der Waals surface area contributed by atoms with Crippen LogP contribution < -0.4 is 5.73 Å². The topological polar surface area (TPSA) is 65.5 Å². The molecular formula is C11H15NO3. The van der Waals surface area contributed by atoms with Crippen LogP contribution in [0.4, 0.5) is 0 Å². The van der Waals surface area contributed by atoms with Crippen molar-refractivity contribution in [2.75, 3.05) is 7.11 Å². The minimum Gasteiger partial charge on any atom is -0.463 e. The summed E-state index contributed by atoms with van der Waals surface area (Å²) in [5.74, 6) is 0.763. The second-order valence-electron chi connectivity index (χ2n) is 4.52. The van der Waals surface area contributed by atoms with Crippen LogP contribution >= 0.6 is 0 Å². The van der Waals surface area contributed by atoms with Crippen molar-refractivity contribution in [3.8, 4) is 0 Å². The molecule has 2 rings (SSSR count). The molecular weight excluding hydrogens is 194 g/mol. The molecule has 2 atom stereocenters. The number of methoxy groups -OCH3 is 1. The lowest BCUT2D eigenvalue weighted by atomic mass is 10.1. The van der Waals surface area contributed by atoms with Crippen LogP contribution in [0.3, 0.4) is 0 Å². The molecule has 0 radical (unpaired) electrons. The van der Waals surface area contributed by atoms with E-state index in [1.807, 2.05) is 0 Å². The van der Waals surface area contributed by atoms with Crippen LogP contribution in [0, 0.1) is 5.41 Å². The molecule has 0 aromatic carbocycles. The molecule has 1 aromatic rings. The fourth-order valence-corrected chi connectivity index (χ4v) is 1.95. The Balaban J connectivity index is 2.19. The number of rotatable bonds is 2. The second-order valence-corrected chi connectivity index (χ2v) is 4.52. The van der Waals surface area contributed by atoms with Gasteiger partial charge < -0.3 is 14.9 Å². The summed E-state index contributed by atoms with van der Waals surface area (Å²) in [6, 6.07) is 3.53. The van der Waals surface area contributed by atoms with E-state index < -0.39 is 5.97 Å². The van der Waals surface area contributed by atoms with E-state index in [0.717, 1.165) is 5.76 Å². The third kappa shape index (κ3) is 1.45. The molecule has 0 aliphatic heterocycles. The molecule has 1 saturated carbocycles. The van der Waals surface area contributed by atoms with Crippen molar-refractivity contribution in [3.63, 3.8) is 0 Å². The van der Waals surface area contributed by atoms with Crippen LogP contribution in [0.25, 0.3) is 0 Å². The minimum absolute atomic E-state index is 0.0608. The van der Waals surface area contributed by atoms with Crippen LogP contribution in [0.1, 0.15) is 36.1 Å². The zero-order valence-corrected chi connectivity index (χ0v) is 9.11. The molecule has 0 amide bonds. The smallest absolute Gasteiger partial charge is 0.373 e. The largest absolute Gasteiger partial charge is 0.463 e. The summed E-state index contributed by atoms with van der Waals surface area (Å²) in [4.78, 5) is 11.2. The van der Waals surface area contributed by atoms with Crippen LogP contribution in [0.5, 0.6) is 0 Å². The van der Waals surface area contributed by atoms with E-state index in [1.165, 1.54) is 7.11 Å². The maximum absolute atomic E-state index is 11.2. The Morgan fingerprint density at radius 1 is 1.53 bits per heavy atom. The zero-order chi connectivity index (χ0) is 11.2. The fourth-order valence-electron chi connectivity index (χ4n) is 1.95. The SMILES string of the molecule is COC(=O)c1ccc([C@H]2[C@H](N)C2(C)C)o1. The Bertz CT molecular complexity index is 394. The Morgan fingerprint density at radius 3 is 2.60 bits per heavy atom. The summed E-state index contributed by atoms with van der Waals surface area (Å²) in [6.45, 7) is 4.17. The normalized spacial score (nSPS) is 27.5. The highest BCUT2D eigenvalue weighted by molar-refractivity contribution is 5.86. The van der Waals surface area contributed by atoms with Gasteiger partial charge in [0.25, 0.3) is 0 Å². The van der Waals surface area contributed by atoms with E-state index in [-0.39, 0.29) is 23.1 Å². The van der Waals surface area contributed by atoms with Gasteiger partial charge in [0.1, 0.15) is 5.76 Å². The van der Waals surface area contributed by atoms with Gasteiger partial charge in [0.2, 0.25) is 5.76 Å². The predicted octanol–water partition coefficient (Wildman–Crippen LogP) is 1.52. The first-order valence-electron chi connectivity index (χ1n) is 4.92. The van der Waals surface area contributed by atoms with Gasteiger partial charge in [-0.2, -0.15) is 0 Å². The molecule has 0 unspecified atom stereocenters. The Hall–Kier alpha value is -1.29. The maximum Gasteiger partial charge on any atom is 0.373 e. The van der Waals surface area contributed by atoms with Crippen molar-refractivity contribution < 1.29 is 13.9 Å². The lowest BCUT2D eigenvalue weighted by Crippen LogP contribution is -2.06. The molecule has 1 aliphatic carbocycles. The summed E-state index contributed by atoms with van der Waals surface area (Å²) in [7, 11) is 1.33. The van der Waals surface area contributed by atoms with Crippen molar-refractivity contribution >= 4 is 5.97 Å². The lowest BCUT2D eigenvalue weighted by molar-refractivity contribution is 0.0562. The van der Waals surface area contributed by atoms with Crippen molar-refractivity contribution in [1.82, 2.24) is 0 Å². The summed E-state index contributed by atoms with van der Waals surface area (Å²) in [5.41, 5.74) is 5.98. The molecule has 0 spiro atoms. The summed E-state index contributed by atoms with van der Waals surface area (Å²) in [5, 5.41) is 0. The number of carbonyl (C=O) groups is 1. The number of furan rings is 1. The molecule has 1 aromatic heterocycles. The van der Waals surface area contributed by atoms with Crippen molar-refractivity contribution in [3.05, 3.63) is 23.7 Å². The molecule has 4 nitrogen and oxygen atoms in total. The number of esters is 1. The number of hydrogen-bond acceptors (Lipinski definition) is 4. The van der Waals surface area contributed by atoms with Gasteiger partial charge >= 0.3 is 5.97 Å². The molecule has 1 fully saturated rings. The van der Waals surface area contributed by atoms with E-state index >= 15 is 0 Å². The van der Waals surface area contributed by atoms with Crippen LogP contribution in [0.2, 0.25) is 0 Å². The lowest BCUT2D eigenvalue weighted by Gasteiger charge is -1.98. The quantitative estimate of drug-likeness (QED) is 0.750. The van der Waals surface area contributed by atoms with Gasteiger partial charge in [-0.05, 0) is 17.5 Å². The van der Waals surface area contributed by atoms with Crippen LogP contribution in [0.15, 0.2) is 16.5 Å². The third-order valence-electron chi connectivity index (χ3n) is 3.23. The third-order valence-corrected chi connectivity index (χ3v) is 3.23. The van der Waals surface area contributed by atoms with E-state index in [0.29, 0.717) is 0 Å². The van der Waals surface area contributed by atoms with Gasteiger partial charge in [-0.15, -0.1) is 0 Å². The van der Waals surface area contributed by atoms with Crippen molar-refractivity contribution in [2.45, 2.75) is 25.8 Å². The highest BCUT2D eigenvalue weighted by atomic mass is 16.5. The first-order valence-corrected chi connectivity index (χ1v) is 4.92. The van der Waals surface area contributed by atoms with E-state index in [1.54, 1.807) is 12.1 Å². The molecule has 0 saturated heterocycles. The fraction of sp³-hybridized carbons (Fsp3) is 0.545. The zero-order valence-electron chi connectivity index (χ0n) is 9.11. The molecule has 2 N–H and O–H groups in total. The number of nitrogens with two attached hydrogens (primary N) is 1. The summed E-state index contributed by atoms with van der Waals surface area (Å²) in [6.07, 6.45) is 0. The van der Waals surface area contributed by atoms with E-state index in [9.17, 15) is 4.79 Å². The van der Waals surface area contributed by atoms with Crippen LogP contribution in [-0.4, -0.2) is 19.1 Å². The molecule has 4 heteroatoms. The highest BCUT2D eigenvalue weighted by Crippen LogP contribution is 2.57. The molecule has 1 aliphatic rings. The molecule has 15 heavy (non-hydrogen) atoms. The van der Waals surface area contributed by atoms with Crippen molar-refractivity contribution in [2.24, 2.45) is 11.1 Å². The average Bonchev–Trinajstić information content (AvgIpc) is 2.58. The highest BCUT2D eigenvalue weighted by Gasteiger charge is 2.58. The standard InChI is InChI=1S/C11H15NO3/c1-11(2)8(9(11)12)6-4-5-7(15-6)10(13)14-3/h4-5,8-9H,12H2,1-3H3/t8-,9-/m0/s1. The Morgan fingerprint density at radius 2 is 2.13 bits per heavy atom.